The van der Waals surface area contributed by atoms with Crippen molar-refractivity contribution in [2.45, 2.75) is 30.3 Å². The molecule has 0 saturated heterocycles. The Morgan fingerprint density at radius 3 is 3.00 bits per heavy atom. The molecule has 3 atom stereocenters. The van der Waals surface area contributed by atoms with Gasteiger partial charge in [-0.3, -0.25) is 9.27 Å². The van der Waals surface area contributed by atoms with Gasteiger partial charge in [-0.1, -0.05) is 23.8 Å². The second kappa shape index (κ2) is 6.58. The van der Waals surface area contributed by atoms with Crippen LogP contribution in [0.2, 0.25) is 5.02 Å². The van der Waals surface area contributed by atoms with Crippen molar-refractivity contribution in [2.24, 2.45) is 5.92 Å². The molecule has 1 heterocycles. The van der Waals surface area contributed by atoms with Gasteiger partial charge in [-0.15, -0.1) is 0 Å². The van der Waals surface area contributed by atoms with Gasteiger partial charge >= 0.3 is 0 Å². The lowest BCUT2D eigenvalue weighted by Crippen LogP contribution is -2.41. The molecular formula is C13H16ClN3O2S2. The molecule has 21 heavy (non-hydrogen) atoms. The van der Waals surface area contributed by atoms with Crippen LogP contribution in [0.3, 0.4) is 0 Å². The number of benzene rings is 1. The van der Waals surface area contributed by atoms with Gasteiger partial charge in [0.15, 0.2) is 0 Å². The second-order valence-corrected chi connectivity index (χ2v) is 7.06. The predicted octanol–water partition coefficient (Wildman–Crippen LogP) is 3.59. The van der Waals surface area contributed by atoms with Gasteiger partial charge in [-0.25, -0.2) is 8.93 Å². The molecule has 0 radical (unpaired) electrons. The van der Waals surface area contributed by atoms with Gasteiger partial charge in [0.2, 0.25) is 0 Å². The molecule has 4 N–H and O–H groups in total. The Morgan fingerprint density at radius 1 is 1.43 bits per heavy atom. The maximum Gasteiger partial charge on any atom is 0.259 e. The average molecular weight is 346 g/mol. The van der Waals surface area contributed by atoms with Crippen LogP contribution in [-0.2, 0) is 11.3 Å². The van der Waals surface area contributed by atoms with E-state index in [4.69, 9.17) is 16.2 Å². The molecule has 0 aromatic heterocycles. The molecule has 8 heteroatoms. The van der Waals surface area contributed by atoms with E-state index in [0.29, 0.717) is 16.6 Å². The van der Waals surface area contributed by atoms with E-state index in [2.05, 4.69) is 26.9 Å². The molecule has 1 aliphatic carbocycles. The van der Waals surface area contributed by atoms with Gasteiger partial charge in [0, 0.05) is 4.90 Å². The Morgan fingerprint density at radius 2 is 2.29 bits per heavy atom. The smallest absolute Gasteiger partial charge is 0.259 e. The molecule has 3 unspecified atom stereocenters. The third kappa shape index (κ3) is 3.54. The molecule has 0 fully saturated rings. The highest BCUT2D eigenvalue weighted by atomic mass is 35.5. The highest BCUT2D eigenvalue weighted by Crippen LogP contribution is 2.39. The molecule has 0 bridgehead atoms. The zero-order valence-electron chi connectivity index (χ0n) is 11.1. The number of hydrogen-bond acceptors (Lipinski definition) is 4. The number of allylic oxidation sites excluding steroid dienone is 2. The molecular weight excluding hydrogens is 330 g/mol. The van der Waals surface area contributed by atoms with E-state index in [1.807, 2.05) is 0 Å². The van der Waals surface area contributed by atoms with E-state index in [1.54, 1.807) is 12.1 Å². The second-order valence-electron chi connectivity index (χ2n) is 5.07. The standard InChI is InChI=1S/C13H16ClN3O2S2/c14-9-6-11-12(7-10(9)17-21(18)19)20-16-13(15-11)8-4-2-1-3-5-8/h1-2,6-8,13,15-17H,3-5H2,(H,18,19). The first-order chi connectivity index (χ1) is 10.1. The summed E-state index contributed by atoms with van der Waals surface area (Å²) < 4.78 is 25.6. The van der Waals surface area contributed by atoms with Gasteiger partial charge in [-0.05, 0) is 49.3 Å². The van der Waals surface area contributed by atoms with Crippen LogP contribution in [0.4, 0.5) is 11.4 Å². The largest absolute Gasteiger partial charge is 0.368 e. The fraction of sp³-hybridized carbons (Fsp3) is 0.385. The van der Waals surface area contributed by atoms with Crippen LogP contribution in [0.5, 0.6) is 0 Å². The van der Waals surface area contributed by atoms with E-state index in [9.17, 15) is 4.21 Å². The number of anilines is 2. The Labute approximate surface area is 135 Å². The molecule has 2 aliphatic rings. The third-order valence-corrected chi connectivity index (χ3v) is 5.29. The van der Waals surface area contributed by atoms with E-state index in [1.165, 1.54) is 11.9 Å². The summed E-state index contributed by atoms with van der Waals surface area (Å²) in [6, 6.07) is 3.57. The molecule has 0 spiro atoms. The fourth-order valence-electron chi connectivity index (χ4n) is 2.58. The number of nitrogens with one attached hydrogen (secondary N) is 3. The summed E-state index contributed by atoms with van der Waals surface area (Å²) in [7, 11) is 0. The maximum atomic E-state index is 10.8. The molecule has 1 aromatic carbocycles. The first-order valence-electron chi connectivity index (χ1n) is 6.68. The van der Waals surface area contributed by atoms with Crippen molar-refractivity contribution >= 4 is 46.2 Å². The third-order valence-electron chi connectivity index (χ3n) is 3.65. The first kappa shape index (κ1) is 15.2. The lowest BCUT2D eigenvalue weighted by atomic mass is 9.91. The summed E-state index contributed by atoms with van der Waals surface area (Å²) >= 11 is 5.54. The van der Waals surface area contributed by atoms with Crippen molar-refractivity contribution in [2.75, 3.05) is 10.0 Å². The Bertz CT molecular complexity index is 597. The molecule has 114 valence electrons. The molecule has 1 aliphatic heterocycles. The van der Waals surface area contributed by atoms with Gasteiger partial charge in [-0.2, -0.15) is 0 Å². The van der Waals surface area contributed by atoms with Gasteiger partial charge in [0.1, 0.15) is 0 Å². The summed E-state index contributed by atoms with van der Waals surface area (Å²) in [5.41, 5.74) is 1.41. The normalized spacial score (nSPS) is 25.8. The van der Waals surface area contributed by atoms with E-state index in [-0.39, 0.29) is 6.17 Å². The number of hydrogen-bond donors (Lipinski definition) is 4. The van der Waals surface area contributed by atoms with Crippen LogP contribution in [0.1, 0.15) is 19.3 Å². The topological polar surface area (TPSA) is 73.4 Å². The minimum absolute atomic E-state index is 0.203. The lowest BCUT2D eigenvalue weighted by Gasteiger charge is -2.34. The molecule has 5 nitrogen and oxygen atoms in total. The summed E-state index contributed by atoms with van der Waals surface area (Å²) in [6.07, 6.45) is 8.01. The van der Waals surface area contributed by atoms with E-state index >= 15 is 0 Å². The highest BCUT2D eigenvalue weighted by molar-refractivity contribution is 7.97. The number of rotatable bonds is 3. The fourth-order valence-corrected chi connectivity index (χ4v) is 4.11. The number of fused-ring (bicyclic) bond motifs is 1. The SMILES string of the molecule is O=S(O)Nc1cc2c(cc1Cl)NC(C1CC=CCC1)NS2. The summed E-state index contributed by atoms with van der Waals surface area (Å²) in [4.78, 5) is 0.954. The number of halogens is 1. The van der Waals surface area contributed by atoms with Crippen molar-refractivity contribution in [1.82, 2.24) is 4.72 Å². The van der Waals surface area contributed by atoms with Crippen molar-refractivity contribution < 1.29 is 8.76 Å². The van der Waals surface area contributed by atoms with Crippen LogP contribution < -0.4 is 14.8 Å². The van der Waals surface area contributed by atoms with Crippen molar-refractivity contribution in [1.29, 1.82) is 0 Å². The van der Waals surface area contributed by atoms with Crippen LogP contribution >= 0.6 is 23.5 Å². The zero-order valence-corrected chi connectivity index (χ0v) is 13.5. The quantitative estimate of drug-likeness (QED) is 0.383. The van der Waals surface area contributed by atoms with E-state index < -0.39 is 11.3 Å². The molecule has 0 amide bonds. The summed E-state index contributed by atoms with van der Waals surface area (Å²) in [5.74, 6) is 0.553. The minimum atomic E-state index is -2.13. The maximum absolute atomic E-state index is 10.8. The highest BCUT2D eigenvalue weighted by Gasteiger charge is 2.26. The van der Waals surface area contributed by atoms with Gasteiger partial charge in [0.05, 0.1) is 22.6 Å². The Balaban J connectivity index is 1.78. The van der Waals surface area contributed by atoms with Crippen LogP contribution in [0.15, 0.2) is 29.2 Å². The monoisotopic (exact) mass is 345 g/mol. The first-order valence-corrected chi connectivity index (χ1v) is 8.98. The molecule has 3 rings (SSSR count). The average Bonchev–Trinajstić information content (AvgIpc) is 2.48. The predicted molar refractivity (Wildman–Crippen MR) is 88.7 cm³/mol. The van der Waals surface area contributed by atoms with Crippen molar-refractivity contribution in [3.63, 3.8) is 0 Å². The Kier molecular flexibility index (Phi) is 4.75. The summed E-state index contributed by atoms with van der Waals surface area (Å²) in [6.45, 7) is 0. The summed E-state index contributed by atoms with van der Waals surface area (Å²) in [5, 5.41) is 3.90. The van der Waals surface area contributed by atoms with Gasteiger partial charge in [0.25, 0.3) is 11.3 Å². The van der Waals surface area contributed by atoms with Crippen molar-refractivity contribution in [3.8, 4) is 0 Å². The van der Waals surface area contributed by atoms with Crippen LogP contribution in [0.25, 0.3) is 0 Å². The van der Waals surface area contributed by atoms with E-state index in [0.717, 1.165) is 29.8 Å². The minimum Gasteiger partial charge on any atom is -0.368 e. The van der Waals surface area contributed by atoms with Gasteiger partial charge < -0.3 is 5.32 Å². The zero-order chi connectivity index (χ0) is 14.8. The van der Waals surface area contributed by atoms with Crippen LogP contribution in [-0.4, -0.2) is 14.9 Å². The molecule has 1 aromatic rings. The van der Waals surface area contributed by atoms with Crippen molar-refractivity contribution in [3.05, 3.63) is 29.3 Å². The van der Waals surface area contributed by atoms with Crippen LogP contribution in [0, 0.1) is 5.92 Å². The lowest BCUT2D eigenvalue weighted by molar-refractivity contribution is 0.398. The Hall–Kier alpha value is -0.730. The molecule has 0 saturated carbocycles.